The van der Waals surface area contributed by atoms with Crippen LogP contribution in [0.2, 0.25) is 0 Å². The van der Waals surface area contributed by atoms with Gasteiger partial charge in [0.15, 0.2) is 12.4 Å². The Labute approximate surface area is 385 Å². The number of rotatable bonds is 19. The minimum Gasteiger partial charge on any atom is -0.480 e. The summed E-state index contributed by atoms with van der Waals surface area (Å²) < 4.78 is 8.96. The molecule has 18 heteroatoms. The van der Waals surface area contributed by atoms with Crippen LogP contribution in [0.4, 0.5) is 5.69 Å². The first-order valence-electron chi connectivity index (χ1n) is 22.1. The molecule has 2 atom stereocenters. The number of ether oxygens (including phenoxy) is 1. The van der Waals surface area contributed by atoms with Crippen LogP contribution >= 0.6 is 0 Å². The van der Waals surface area contributed by atoms with Crippen LogP contribution in [0, 0.1) is 0 Å². The van der Waals surface area contributed by atoms with Gasteiger partial charge in [-0.15, -0.1) is 0 Å². The van der Waals surface area contributed by atoms with Crippen molar-refractivity contribution in [3.05, 3.63) is 114 Å². The number of aryl methyl sites for hydroxylation is 1. The molecule has 1 fully saturated rings. The number of carbonyl (C=O) groups excluding carboxylic acids is 1. The maximum atomic E-state index is 13.1. The normalized spacial score (nSPS) is 16.1. The number of fused-ring (bicyclic) bond motifs is 3. The van der Waals surface area contributed by atoms with E-state index in [2.05, 4.69) is 33.7 Å². The van der Waals surface area contributed by atoms with E-state index in [0.717, 1.165) is 44.9 Å². The van der Waals surface area contributed by atoms with Gasteiger partial charge in [0, 0.05) is 83.1 Å². The van der Waals surface area contributed by atoms with Crippen LogP contribution < -0.4 is 14.9 Å². The summed E-state index contributed by atoms with van der Waals surface area (Å²) in [4.78, 5) is 59.6. The van der Waals surface area contributed by atoms with E-state index in [1.54, 1.807) is 26.8 Å². The van der Waals surface area contributed by atoms with Crippen molar-refractivity contribution in [2.24, 2.45) is 7.05 Å². The summed E-state index contributed by atoms with van der Waals surface area (Å²) in [6, 6.07) is 31.6. The quantitative estimate of drug-likeness (QED) is 0.0344. The second-order valence-electron chi connectivity index (χ2n) is 16.9. The number of carboxylic acids is 3. The van der Waals surface area contributed by atoms with Crippen LogP contribution in [-0.2, 0) is 44.1 Å². The molecular weight excluding hydrogens is 845 g/mol. The maximum Gasteiger partial charge on any atom is 0.488 e. The second kappa shape index (κ2) is 23.6. The number of aromatic nitrogens is 1. The van der Waals surface area contributed by atoms with E-state index < -0.39 is 37.3 Å². The predicted octanol–water partition coefficient (Wildman–Crippen LogP) is 1.32. The number of pyridine rings is 1. The number of benzene rings is 4. The maximum absolute atomic E-state index is 13.1. The van der Waals surface area contributed by atoms with Gasteiger partial charge in [-0.25, -0.2) is 0 Å². The molecule has 5 aromatic rings. The van der Waals surface area contributed by atoms with Gasteiger partial charge in [0.2, 0.25) is 11.2 Å². The molecule has 350 valence electrons. The molecule has 1 aromatic heterocycles. The number of carboxylic acid groups (broad SMARTS) is 3. The zero-order valence-corrected chi connectivity index (χ0v) is 37.9. The smallest absolute Gasteiger partial charge is 0.480 e. The third kappa shape index (κ3) is 13.2. The van der Waals surface area contributed by atoms with Gasteiger partial charge in [-0.1, -0.05) is 66.7 Å². The molecule has 4 aromatic carbocycles. The topological polar surface area (TPSA) is 202 Å². The first kappa shape index (κ1) is 49.6. The molecule has 6 rings (SSSR count). The Bertz CT molecular complexity index is 2410. The van der Waals surface area contributed by atoms with Crippen molar-refractivity contribution in [3.63, 3.8) is 0 Å². The number of nitrogens with zero attached hydrogens (tertiary/aromatic N) is 7. The van der Waals surface area contributed by atoms with Crippen LogP contribution in [0.5, 0.6) is 0 Å². The predicted molar refractivity (Wildman–Crippen MR) is 251 cm³/mol. The number of para-hydroxylation sites is 1. The Kier molecular flexibility index (Phi) is 17.7. The van der Waals surface area contributed by atoms with E-state index in [4.69, 9.17) is 4.74 Å². The third-order valence-electron chi connectivity index (χ3n) is 12.3. The van der Waals surface area contributed by atoms with Crippen molar-refractivity contribution in [2.75, 3.05) is 97.5 Å². The Morgan fingerprint density at radius 2 is 1.24 bits per heavy atom. The average Bonchev–Trinajstić information content (AvgIpc) is 3.28. The highest BCUT2D eigenvalue weighted by molar-refractivity contribution is 6.59. The van der Waals surface area contributed by atoms with Crippen molar-refractivity contribution in [3.8, 4) is 0 Å². The van der Waals surface area contributed by atoms with Crippen LogP contribution in [0.3, 0.4) is 0 Å². The summed E-state index contributed by atoms with van der Waals surface area (Å²) in [5, 5.41) is 52.2. The Hall–Kier alpha value is -5.83. The fourth-order valence-electron chi connectivity index (χ4n) is 8.91. The van der Waals surface area contributed by atoms with Gasteiger partial charge < -0.3 is 39.8 Å². The zero-order valence-electron chi connectivity index (χ0n) is 37.9. The molecule has 0 saturated carbocycles. The summed E-state index contributed by atoms with van der Waals surface area (Å²) in [6.45, 7) is 2.48. The van der Waals surface area contributed by atoms with Gasteiger partial charge in [-0.2, -0.15) is 4.57 Å². The van der Waals surface area contributed by atoms with Gasteiger partial charge >= 0.3 is 25.0 Å². The summed E-state index contributed by atoms with van der Waals surface area (Å²) in [7, 11) is 4.24. The largest absolute Gasteiger partial charge is 0.488 e. The summed E-state index contributed by atoms with van der Waals surface area (Å²) >= 11 is 0. The van der Waals surface area contributed by atoms with Crippen LogP contribution in [0.25, 0.3) is 21.7 Å². The number of anilines is 1. The Morgan fingerprint density at radius 1 is 0.712 bits per heavy atom. The molecule has 0 radical (unpaired) electrons. The van der Waals surface area contributed by atoms with E-state index in [1.807, 2.05) is 91.6 Å². The standard InChI is InChI=1S/C48H60BN7O10/c1-50(37-12-5-4-6-13-37)29-43(66-34-36-11-7-10-16-41(36)49(64)65)48-39-15-9-8-14-38(39)40-27-35(17-18-42(40)52(48)3)28-51(2)44(33-57)56-25-23-54(31-46(60)61)21-19-53(30-45(58)59)20-22-55(24-26-56)32-47(62)63/h4-18,27,33,43-44,64-65H,19-26,28-32,34H2,1-3H3,(H2-,58,59,60,61,62,63)/p+1. The zero-order chi connectivity index (χ0) is 47.3. The van der Waals surface area contributed by atoms with Gasteiger partial charge in [0.1, 0.15) is 13.2 Å². The molecule has 5 N–H and O–H groups in total. The van der Waals surface area contributed by atoms with Gasteiger partial charge in [-0.05, 0) is 47.9 Å². The molecule has 0 bridgehead atoms. The van der Waals surface area contributed by atoms with Crippen molar-refractivity contribution >= 4 is 64.1 Å². The number of hydrogen-bond acceptors (Lipinski definition) is 13. The molecule has 1 aliphatic heterocycles. The minimum absolute atomic E-state index is 0.133. The van der Waals surface area contributed by atoms with E-state index in [9.17, 15) is 44.5 Å². The molecule has 0 aliphatic carbocycles. The highest BCUT2D eigenvalue weighted by Gasteiger charge is 2.31. The number of hydrogen-bond donors (Lipinski definition) is 5. The minimum atomic E-state index is -1.65. The summed E-state index contributed by atoms with van der Waals surface area (Å²) in [5.41, 5.74) is 4.89. The highest BCUT2D eigenvalue weighted by Crippen LogP contribution is 2.32. The van der Waals surface area contributed by atoms with Crippen molar-refractivity contribution in [1.82, 2.24) is 24.5 Å². The molecule has 17 nitrogen and oxygen atoms in total. The van der Waals surface area contributed by atoms with Crippen LogP contribution in [0.1, 0.15) is 22.9 Å². The van der Waals surface area contributed by atoms with Gasteiger partial charge in [0.05, 0.1) is 43.6 Å². The number of carbonyl (C=O) groups is 4. The van der Waals surface area contributed by atoms with E-state index >= 15 is 0 Å². The van der Waals surface area contributed by atoms with Crippen molar-refractivity contribution in [2.45, 2.75) is 25.4 Å². The number of aldehydes is 1. The lowest BCUT2D eigenvalue weighted by Crippen LogP contribution is -2.54. The molecule has 0 amide bonds. The SMILES string of the molecule is CN(CC(OCc1ccccc1B(O)O)c1c2ccccc2c2cc(CN(C)C(C=O)N3CCN(CC(=O)O)CCN(CC(=O)O)CCN(CC(=O)O)CC3)ccc2[n+]1C)c1ccccc1. The number of likely N-dealkylation sites (N-methyl/N-ethyl adjacent to an activating group) is 2. The molecule has 1 aliphatic rings. The summed E-state index contributed by atoms with van der Waals surface area (Å²) in [5.74, 6) is -3.07. The second-order valence-corrected chi connectivity index (χ2v) is 16.9. The van der Waals surface area contributed by atoms with Crippen molar-refractivity contribution < 1.29 is 53.8 Å². The fraction of sp³-hybridized carbons (Fsp3) is 0.396. The fourth-order valence-corrected chi connectivity index (χ4v) is 8.91. The van der Waals surface area contributed by atoms with Crippen LogP contribution in [0.15, 0.2) is 97.1 Å². The molecule has 0 spiro atoms. The van der Waals surface area contributed by atoms with E-state index in [-0.39, 0.29) is 65.5 Å². The molecular formula is C48H61BN7O10+. The lowest BCUT2D eigenvalue weighted by Gasteiger charge is -2.38. The first-order chi connectivity index (χ1) is 31.7. The molecule has 66 heavy (non-hydrogen) atoms. The molecule has 1 saturated heterocycles. The Morgan fingerprint density at radius 3 is 1.80 bits per heavy atom. The lowest BCUT2D eigenvalue weighted by atomic mass is 9.77. The lowest BCUT2D eigenvalue weighted by molar-refractivity contribution is -0.655. The summed E-state index contributed by atoms with van der Waals surface area (Å²) in [6.07, 6.45) is -0.352. The average molecular weight is 907 g/mol. The van der Waals surface area contributed by atoms with Gasteiger partial charge in [0.25, 0.3) is 0 Å². The first-order valence-corrected chi connectivity index (χ1v) is 22.1. The van der Waals surface area contributed by atoms with E-state index in [0.29, 0.717) is 37.2 Å². The van der Waals surface area contributed by atoms with Gasteiger partial charge in [-0.3, -0.25) is 38.9 Å². The Balaban J connectivity index is 1.31. The molecule has 2 heterocycles. The molecule has 2 unspecified atom stereocenters. The number of aliphatic carboxylic acids is 3. The monoisotopic (exact) mass is 906 g/mol. The third-order valence-corrected chi connectivity index (χ3v) is 12.3. The van der Waals surface area contributed by atoms with Crippen molar-refractivity contribution in [1.29, 1.82) is 0 Å². The van der Waals surface area contributed by atoms with Crippen LogP contribution in [-0.4, -0.2) is 180 Å². The highest BCUT2D eigenvalue weighted by atomic mass is 16.5. The van der Waals surface area contributed by atoms with E-state index in [1.165, 1.54) is 0 Å².